The lowest BCUT2D eigenvalue weighted by Crippen LogP contribution is -2.63. The summed E-state index contributed by atoms with van der Waals surface area (Å²) in [6.07, 6.45) is -3.71. The number of nitrogens with zero attached hydrogens (tertiary/aromatic N) is 2. The molecule has 1 atom stereocenters. The summed E-state index contributed by atoms with van der Waals surface area (Å²) in [6.45, 7) is 3.93. The van der Waals surface area contributed by atoms with E-state index in [4.69, 9.17) is 4.42 Å². The van der Waals surface area contributed by atoms with Crippen LogP contribution in [-0.4, -0.2) is 34.4 Å². The Morgan fingerprint density at radius 2 is 2.13 bits per heavy atom. The number of halogens is 3. The van der Waals surface area contributed by atoms with E-state index in [1.165, 1.54) is 33.1 Å². The van der Waals surface area contributed by atoms with Crippen molar-refractivity contribution in [2.45, 2.75) is 39.2 Å². The minimum Gasteiger partial charge on any atom is -0.467 e. The smallest absolute Gasteiger partial charge is 0.442 e. The van der Waals surface area contributed by atoms with Gasteiger partial charge in [-0.2, -0.15) is 13.2 Å². The minimum absolute atomic E-state index is 0.146. The summed E-state index contributed by atoms with van der Waals surface area (Å²) in [6, 6.07) is 3.08. The maximum atomic E-state index is 13.5. The van der Waals surface area contributed by atoms with Crippen LogP contribution in [0.25, 0.3) is 0 Å². The van der Waals surface area contributed by atoms with Gasteiger partial charge in [-0.15, -0.1) is 0 Å². The van der Waals surface area contributed by atoms with Crippen molar-refractivity contribution < 1.29 is 27.2 Å². The van der Waals surface area contributed by atoms with Crippen LogP contribution < -0.4 is 5.32 Å². The Bertz CT molecular complexity index is 637. The van der Waals surface area contributed by atoms with E-state index >= 15 is 0 Å². The first kappa shape index (κ1) is 17.0. The molecule has 6 nitrogen and oxygen atoms in total. The number of aliphatic imine (C=N–C) groups is 1. The molecule has 1 aromatic rings. The molecule has 0 saturated heterocycles. The molecular formula is C14H16F3N3O3. The fourth-order valence-electron chi connectivity index (χ4n) is 2.10. The van der Waals surface area contributed by atoms with E-state index in [0.29, 0.717) is 5.76 Å². The van der Waals surface area contributed by atoms with Gasteiger partial charge in [-0.3, -0.25) is 14.5 Å². The van der Waals surface area contributed by atoms with Gasteiger partial charge in [0.05, 0.1) is 12.8 Å². The standard InChI is InChI=1S/C14H16F3N3O3/c1-8(2)11(21)19-13(14(15,16)17)12(22)20(9(3)18-13)7-10-5-4-6-23-10/h4-6,8H,7H2,1-3H3,(H,19,21). The molecule has 1 aliphatic heterocycles. The first-order chi connectivity index (χ1) is 10.6. The normalized spacial score (nSPS) is 21.8. The van der Waals surface area contributed by atoms with E-state index in [1.54, 1.807) is 11.4 Å². The third kappa shape index (κ3) is 2.95. The van der Waals surface area contributed by atoms with Gasteiger partial charge in [-0.25, -0.2) is 4.99 Å². The Labute approximate surface area is 130 Å². The summed E-state index contributed by atoms with van der Waals surface area (Å²) in [5, 5.41) is 1.75. The molecule has 1 N–H and O–H groups in total. The number of rotatable bonds is 4. The summed E-state index contributed by atoms with van der Waals surface area (Å²) in [5.74, 6) is -2.83. The number of alkyl halides is 3. The summed E-state index contributed by atoms with van der Waals surface area (Å²) in [5.41, 5.74) is -3.29. The average molecular weight is 331 g/mol. The van der Waals surface area contributed by atoms with Crippen molar-refractivity contribution in [3.63, 3.8) is 0 Å². The first-order valence-electron chi connectivity index (χ1n) is 6.88. The molecule has 1 aliphatic rings. The number of hydrogen-bond donors (Lipinski definition) is 1. The third-order valence-electron chi connectivity index (χ3n) is 3.41. The van der Waals surface area contributed by atoms with Crippen LogP contribution in [0.5, 0.6) is 0 Å². The molecule has 0 bridgehead atoms. The second-order valence-corrected chi connectivity index (χ2v) is 5.48. The van der Waals surface area contributed by atoms with Crippen LogP contribution >= 0.6 is 0 Å². The molecule has 0 radical (unpaired) electrons. The van der Waals surface area contributed by atoms with Gasteiger partial charge in [0.25, 0.3) is 5.91 Å². The Kier molecular flexibility index (Phi) is 4.23. The molecule has 1 unspecified atom stereocenters. The lowest BCUT2D eigenvalue weighted by atomic mass is 10.1. The average Bonchev–Trinajstić information content (AvgIpc) is 3.01. The zero-order valence-electron chi connectivity index (χ0n) is 12.8. The molecule has 2 heterocycles. The van der Waals surface area contributed by atoms with Gasteiger partial charge in [0.15, 0.2) is 0 Å². The van der Waals surface area contributed by atoms with E-state index in [9.17, 15) is 22.8 Å². The van der Waals surface area contributed by atoms with E-state index < -0.39 is 29.6 Å². The summed E-state index contributed by atoms with van der Waals surface area (Å²) >= 11 is 0. The van der Waals surface area contributed by atoms with Crippen LogP contribution in [0.2, 0.25) is 0 Å². The number of carbonyl (C=O) groups is 2. The fourth-order valence-corrected chi connectivity index (χ4v) is 2.10. The summed E-state index contributed by atoms with van der Waals surface area (Å²) in [7, 11) is 0. The van der Waals surface area contributed by atoms with Crippen molar-refractivity contribution in [3.8, 4) is 0 Å². The Hall–Kier alpha value is -2.32. The van der Waals surface area contributed by atoms with Crippen molar-refractivity contribution in [2.24, 2.45) is 10.9 Å². The predicted octanol–water partition coefficient (Wildman–Crippen LogP) is 2.07. The highest BCUT2D eigenvalue weighted by molar-refractivity contribution is 6.09. The van der Waals surface area contributed by atoms with Crippen molar-refractivity contribution in [2.75, 3.05) is 0 Å². The second-order valence-electron chi connectivity index (χ2n) is 5.48. The van der Waals surface area contributed by atoms with Gasteiger partial charge in [-0.05, 0) is 19.1 Å². The molecule has 0 fully saturated rings. The molecular weight excluding hydrogens is 315 g/mol. The van der Waals surface area contributed by atoms with Gasteiger partial charge in [0, 0.05) is 5.92 Å². The molecule has 126 valence electrons. The zero-order valence-corrected chi connectivity index (χ0v) is 12.8. The molecule has 0 aromatic carbocycles. The Morgan fingerprint density at radius 1 is 1.48 bits per heavy atom. The molecule has 2 rings (SSSR count). The van der Waals surface area contributed by atoms with Crippen LogP contribution in [0.1, 0.15) is 26.5 Å². The van der Waals surface area contributed by atoms with Gasteiger partial charge in [-0.1, -0.05) is 13.8 Å². The van der Waals surface area contributed by atoms with E-state index in [0.717, 1.165) is 4.90 Å². The molecule has 0 aliphatic carbocycles. The predicted molar refractivity (Wildman–Crippen MR) is 74.1 cm³/mol. The maximum absolute atomic E-state index is 13.5. The molecule has 23 heavy (non-hydrogen) atoms. The zero-order chi connectivity index (χ0) is 17.4. The number of nitrogens with one attached hydrogen (secondary N) is 1. The number of hydrogen-bond acceptors (Lipinski definition) is 4. The van der Waals surface area contributed by atoms with Gasteiger partial charge in [0.2, 0.25) is 5.91 Å². The van der Waals surface area contributed by atoms with Gasteiger partial charge < -0.3 is 9.73 Å². The lowest BCUT2D eigenvalue weighted by molar-refractivity contribution is -0.200. The lowest BCUT2D eigenvalue weighted by Gasteiger charge is -2.29. The molecule has 2 amide bonds. The minimum atomic E-state index is -5.06. The van der Waals surface area contributed by atoms with E-state index in [-0.39, 0.29) is 12.4 Å². The van der Waals surface area contributed by atoms with Crippen molar-refractivity contribution >= 4 is 17.6 Å². The highest BCUT2D eigenvalue weighted by Gasteiger charge is 2.66. The number of carbonyl (C=O) groups excluding carboxylic acids is 2. The number of furan rings is 1. The van der Waals surface area contributed by atoms with Gasteiger partial charge >= 0.3 is 11.8 Å². The molecule has 9 heteroatoms. The van der Waals surface area contributed by atoms with Crippen molar-refractivity contribution in [1.82, 2.24) is 10.2 Å². The van der Waals surface area contributed by atoms with Gasteiger partial charge in [0.1, 0.15) is 11.6 Å². The Balaban J connectivity index is 2.37. The van der Waals surface area contributed by atoms with Crippen molar-refractivity contribution in [3.05, 3.63) is 24.2 Å². The SMILES string of the molecule is CC1=NC(NC(=O)C(C)C)(C(F)(F)F)C(=O)N1Cc1ccco1. The van der Waals surface area contributed by atoms with Crippen LogP contribution in [0.4, 0.5) is 13.2 Å². The Morgan fingerprint density at radius 3 is 2.61 bits per heavy atom. The van der Waals surface area contributed by atoms with Crippen LogP contribution in [-0.2, 0) is 16.1 Å². The number of amidine groups is 1. The first-order valence-corrected chi connectivity index (χ1v) is 6.88. The molecule has 0 saturated carbocycles. The highest BCUT2D eigenvalue weighted by atomic mass is 19.4. The third-order valence-corrected chi connectivity index (χ3v) is 3.41. The van der Waals surface area contributed by atoms with Crippen LogP contribution in [0.15, 0.2) is 27.8 Å². The van der Waals surface area contributed by atoms with E-state index in [2.05, 4.69) is 4.99 Å². The van der Waals surface area contributed by atoms with Crippen molar-refractivity contribution in [1.29, 1.82) is 0 Å². The highest BCUT2D eigenvalue weighted by Crippen LogP contribution is 2.38. The fraction of sp³-hybridized carbons (Fsp3) is 0.500. The number of amides is 2. The topological polar surface area (TPSA) is 74.9 Å². The summed E-state index contributed by atoms with van der Waals surface area (Å²) < 4.78 is 45.6. The molecule has 1 aromatic heterocycles. The molecule has 0 spiro atoms. The quantitative estimate of drug-likeness (QED) is 0.918. The van der Waals surface area contributed by atoms with E-state index in [1.807, 2.05) is 0 Å². The van der Waals surface area contributed by atoms with Crippen LogP contribution in [0.3, 0.4) is 0 Å². The largest absolute Gasteiger partial charge is 0.467 e. The monoisotopic (exact) mass is 331 g/mol. The maximum Gasteiger partial charge on any atom is 0.442 e. The second kappa shape index (κ2) is 5.71. The van der Waals surface area contributed by atoms with Crippen LogP contribution in [0, 0.1) is 5.92 Å². The summed E-state index contributed by atoms with van der Waals surface area (Å²) in [4.78, 5) is 28.5.